The Hall–Kier alpha value is -1.47. The third-order valence-electron chi connectivity index (χ3n) is 4.23. The van der Waals surface area contributed by atoms with Crippen molar-refractivity contribution in [2.45, 2.75) is 43.0 Å². The van der Waals surface area contributed by atoms with Crippen molar-refractivity contribution in [2.75, 3.05) is 17.7 Å². The van der Waals surface area contributed by atoms with Crippen LogP contribution in [0.1, 0.15) is 31.7 Å². The smallest absolute Gasteiger partial charge is 0.248 e. The maximum absolute atomic E-state index is 11.7. The van der Waals surface area contributed by atoms with Crippen LogP contribution in [0.15, 0.2) is 17.4 Å². The van der Waals surface area contributed by atoms with Gasteiger partial charge in [-0.15, -0.1) is 0 Å². The van der Waals surface area contributed by atoms with Crippen LogP contribution in [0.5, 0.6) is 0 Å². The van der Waals surface area contributed by atoms with E-state index in [9.17, 15) is 13.5 Å². The molecule has 2 atom stereocenters. The highest BCUT2D eigenvalue weighted by Crippen LogP contribution is 2.37. The number of rotatable bonds is 2. The highest BCUT2D eigenvalue weighted by molar-refractivity contribution is 7.90. The molecular weight excluding hydrogens is 290 g/mol. The van der Waals surface area contributed by atoms with E-state index < -0.39 is 15.4 Å². The summed E-state index contributed by atoms with van der Waals surface area (Å²) in [5.74, 6) is 0.597. The van der Waals surface area contributed by atoms with Gasteiger partial charge in [0, 0.05) is 24.6 Å². The third-order valence-corrected chi connectivity index (χ3v) is 5.09. The molecule has 1 aromatic heterocycles. The lowest BCUT2D eigenvalue weighted by Crippen LogP contribution is -2.49. The van der Waals surface area contributed by atoms with Crippen molar-refractivity contribution in [3.63, 3.8) is 0 Å². The van der Waals surface area contributed by atoms with Crippen LogP contribution in [0.3, 0.4) is 0 Å². The first-order chi connectivity index (χ1) is 9.79. The number of anilines is 1. The first-order valence-corrected chi connectivity index (χ1v) is 8.91. The topological polar surface area (TPSA) is 83.4 Å². The molecule has 1 aliphatic heterocycles. The van der Waals surface area contributed by atoms with Crippen molar-refractivity contribution in [1.82, 2.24) is 9.97 Å². The molecule has 1 aliphatic carbocycles. The number of aliphatic hydroxyl groups is 1. The van der Waals surface area contributed by atoms with E-state index in [1.54, 1.807) is 0 Å². The Bertz CT molecular complexity index is 697. The van der Waals surface area contributed by atoms with Crippen LogP contribution in [0.4, 0.5) is 5.82 Å². The minimum absolute atomic E-state index is 0.0523. The first kappa shape index (κ1) is 14.5. The molecule has 6 nitrogen and oxygen atoms in total. The van der Waals surface area contributed by atoms with E-state index in [-0.39, 0.29) is 11.2 Å². The van der Waals surface area contributed by atoms with Crippen molar-refractivity contribution in [3.8, 4) is 0 Å². The van der Waals surface area contributed by atoms with Gasteiger partial charge in [0.1, 0.15) is 5.82 Å². The van der Waals surface area contributed by atoms with Crippen LogP contribution >= 0.6 is 0 Å². The average molecular weight is 309 g/mol. The molecule has 0 unspecified atom stereocenters. The zero-order chi connectivity index (χ0) is 15.3. The molecule has 0 aromatic carbocycles. The Morgan fingerprint density at radius 3 is 2.86 bits per heavy atom. The molecule has 0 saturated heterocycles. The summed E-state index contributed by atoms with van der Waals surface area (Å²) in [7, 11) is -3.45. The van der Waals surface area contributed by atoms with Crippen LogP contribution in [-0.4, -0.2) is 47.9 Å². The number of hydrogen-bond donors (Lipinski definition) is 1. The minimum atomic E-state index is -3.45. The molecule has 0 amide bonds. The number of hydrogen-bond acceptors (Lipinski definition) is 6. The van der Waals surface area contributed by atoms with Gasteiger partial charge in [0.25, 0.3) is 0 Å². The van der Waals surface area contributed by atoms with Crippen LogP contribution in [0.25, 0.3) is 6.08 Å². The third kappa shape index (κ3) is 2.55. The predicted molar refractivity (Wildman–Crippen MR) is 79.8 cm³/mol. The Morgan fingerprint density at radius 2 is 2.24 bits per heavy atom. The van der Waals surface area contributed by atoms with Crippen molar-refractivity contribution < 1.29 is 13.5 Å². The second-order valence-corrected chi connectivity index (χ2v) is 7.93. The lowest BCUT2D eigenvalue weighted by atomic mass is 9.97. The normalized spacial score (nSPS) is 28.7. The molecule has 0 radical (unpaired) electrons. The highest BCUT2D eigenvalue weighted by Gasteiger charge is 2.42. The molecule has 2 heterocycles. The molecule has 1 N–H and O–H groups in total. The van der Waals surface area contributed by atoms with Gasteiger partial charge in [-0.1, -0.05) is 12.2 Å². The van der Waals surface area contributed by atoms with Crippen molar-refractivity contribution >= 4 is 21.7 Å². The number of nitrogens with zero attached hydrogens (tertiary/aromatic N) is 3. The van der Waals surface area contributed by atoms with Gasteiger partial charge in [0.2, 0.25) is 15.0 Å². The number of aromatic nitrogens is 2. The average Bonchev–Trinajstić information content (AvgIpc) is 2.76. The summed E-state index contributed by atoms with van der Waals surface area (Å²) in [4.78, 5) is 10.2. The molecule has 1 aromatic rings. The van der Waals surface area contributed by atoms with E-state index in [1.807, 2.05) is 24.0 Å². The van der Waals surface area contributed by atoms with E-state index >= 15 is 0 Å². The highest BCUT2D eigenvalue weighted by atomic mass is 32.2. The van der Waals surface area contributed by atoms with Gasteiger partial charge >= 0.3 is 0 Å². The van der Waals surface area contributed by atoms with Crippen molar-refractivity contribution in [2.24, 2.45) is 0 Å². The van der Waals surface area contributed by atoms with Crippen molar-refractivity contribution in [3.05, 3.63) is 17.8 Å². The molecule has 0 spiro atoms. The summed E-state index contributed by atoms with van der Waals surface area (Å²) >= 11 is 0. The van der Waals surface area contributed by atoms with Crippen LogP contribution < -0.4 is 4.90 Å². The largest absolute Gasteiger partial charge is 0.388 e. The number of fused-ring (bicyclic) bond motifs is 1. The molecule has 114 valence electrons. The standard InChI is InChI=1S/C14H19N3O3S/c1-14(18)7-3-6-11(14)17-8-4-5-10-9-15-13(16-12(10)17)21(2,19)20/h4-5,9,11,18H,3,6-8H2,1-2H3/t11-,14-/m1/s1. The van der Waals surface area contributed by atoms with E-state index in [1.165, 1.54) is 6.20 Å². The summed E-state index contributed by atoms with van der Waals surface area (Å²) in [6, 6.07) is -0.0523. The van der Waals surface area contributed by atoms with Gasteiger partial charge in [-0.3, -0.25) is 0 Å². The lowest BCUT2D eigenvalue weighted by Gasteiger charge is -2.38. The molecule has 21 heavy (non-hydrogen) atoms. The minimum Gasteiger partial charge on any atom is -0.388 e. The van der Waals surface area contributed by atoms with Gasteiger partial charge < -0.3 is 10.0 Å². The first-order valence-electron chi connectivity index (χ1n) is 7.02. The quantitative estimate of drug-likeness (QED) is 0.821. The Morgan fingerprint density at radius 1 is 1.48 bits per heavy atom. The zero-order valence-corrected chi connectivity index (χ0v) is 13.0. The van der Waals surface area contributed by atoms with E-state index in [4.69, 9.17) is 0 Å². The zero-order valence-electron chi connectivity index (χ0n) is 12.2. The summed E-state index contributed by atoms with van der Waals surface area (Å²) in [5, 5.41) is 10.4. The van der Waals surface area contributed by atoms with E-state index in [2.05, 4.69) is 9.97 Å². The van der Waals surface area contributed by atoms with E-state index in [0.29, 0.717) is 12.4 Å². The molecule has 7 heteroatoms. The van der Waals surface area contributed by atoms with Crippen LogP contribution in [0.2, 0.25) is 0 Å². The molecule has 2 aliphatic rings. The molecular formula is C14H19N3O3S. The summed E-state index contributed by atoms with van der Waals surface area (Å²) in [5.41, 5.74) is 0.00917. The second kappa shape index (κ2) is 4.78. The monoisotopic (exact) mass is 309 g/mol. The van der Waals surface area contributed by atoms with Gasteiger partial charge in [0.05, 0.1) is 11.6 Å². The lowest BCUT2D eigenvalue weighted by molar-refractivity contribution is 0.0492. The summed E-state index contributed by atoms with van der Waals surface area (Å²) in [6.45, 7) is 2.45. The van der Waals surface area contributed by atoms with E-state index in [0.717, 1.165) is 31.1 Å². The fourth-order valence-corrected chi connectivity index (χ4v) is 3.67. The van der Waals surface area contributed by atoms with Gasteiger partial charge in [-0.25, -0.2) is 18.4 Å². The summed E-state index contributed by atoms with van der Waals surface area (Å²) in [6.07, 6.45) is 9.09. The fraction of sp³-hybridized carbons (Fsp3) is 0.571. The SMILES string of the molecule is C[C@@]1(O)CCC[C@H]1N1CC=Cc2cnc(S(C)(=O)=O)nc21. The fourth-order valence-electron chi connectivity index (χ4n) is 3.17. The Kier molecular flexibility index (Phi) is 3.29. The van der Waals surface area contributed by atoms with Gasteiger partial charge in [0.15, 0.2) is 0 Å². The Labute approximate surface area is 124 Å². The summed E-state index contributed by atoms with van der Waals surface area (Å²) < 4.78 is 23.3. The molecule has 1 fully saturated rings. The van der Waals surface area contributed by atoms with Gasteiger partial charge in [-0.2, -0.15) is 0 Å². The predicted octanol–water partition coefficient (Wildman–Crippen LogP) is 1.02. The molecule has 3 rings (SSSR count). The molecule has 0 bridgehead atoms. The maximum atomic E-state index is 11.7. The Balaban J connectivity index is 2.06. The van der Waals surface area contributed by atoms with Crippen LogP contribution in [-0.2, 0) is 9.84 Å². The van der Waals surface area contributed by atoms with Crippen LogP contribution in [0, 0.1) is 0 Å². The molecule has 1 saturated carbocycles. The maximum Gasteiger partial charge on any atom is 0.248 e. The van der Waals surface area contributed by atoms with Crippen molar-refractivity contribution in [1.29, 1.82) is 0 Å². The van der Waals surface area contributed by atoms with Gasteiger partial charge in [-0.05, 0) is 26.2 Å². The number of sulfone groups is 1. The second-order valence-electron chi connectivity index (χ2n) is 6.02.